The first-order valence-corrected chi connectivity index (χ1v) is 7.07. The number of benzene rings is 1. The maximum absolute atomic E-state index is 12.3. The molecule has 1 unspecified atom stereocenters. The number of nitrogens with zero attached hydrogens (tertiary/aromatic N) is 1. The molecule has 3 N–H and O–H groups in total. The van der Waals surface area contributed by atoms with Crippen LogP contribution in [-0.2, 0) is 0 Å². The number of thiocarbonyl (C=S) groups is 1. The van der Waals surface area contributed by atoms with Gasteiger partial charge in [-0.3, -0.25) is 4.79 Å². The van der Waals surface area contributed by atoms with Crippen LogP contribution in [0, 0.1) is 5.92 Å². The molecule has 0 aliphatic rings. The third-order valence-corrected chi connectivity index (χ3v) is 3.33. The average molecular weight is 293 g/mol. The highest BCUT2D eigenvalue weighted by Crippen LogP contribution is 2.08. The van der Waals surface area contributed by atoms with Crippen molar-refractivity contribution in [2.75, 3.05) is 20.6 Å². The van der Waals surface area contributed by atoms with E-state index in [0.29, 0.717) is 22.0 Å². The minimum Gasteiger partial charge on any atom is -0.389 e. The molecule has 110 valence electrons. The van der Waals surface area contributed by atoms with Gasteiger partial charge >= 0.3 is 0 Å². The minimum atomic E-state index is -0.0938. The molecule has 0 aliphatic carbocycles. The van der Waals surface area contributed by atoms with Crippen molar-refractivity contribution in [3.05, 3.63) is 35.4 Å². The van der Waals surface area contributed by atoms with Crippen molar-refractivity contribution in [3.63, 3.8) is 0 Å². The van der Waals surface area contributed by atoms with Gasteiger partial charge in [-0.1, -0.05) is 38.2 Å². The molecule has 1 amide bonds. The van der Waals surface area contributed by atoms with Gasteiger partial charge < -0.3 is 16.0 Å². The molecule has 0 aliphatic heterocycles. The average Bonchev–Trinajstić information content (AvgIpc) is 2.37. The molecular weight excluding hydrogens is 270 g/mol. The monoisotopic (exact) mass is 293 g/mol. The molecule has 0 bridgehead atoms. The molecule has 0 heterocycles. The Kier molecular flexibility index (Phi) is 6.10. The highest BCUT2D eigenvalue weighted by atomic mass is 32.1. The van der Waals surface area contributed by atoms with E-state index < -0.39 is 0 Å². The number of hydrogen-bond donors (Lipinski definition) is 2. The van der Waals surface area contributed by atoms with Gasteiger partial charge in [0.25, 0.3) is 5.91 Å². The van der Waals surface area contributed by atoms with Gasteiger partial charge in [-0.25, -0.2) is 0 Å². The van der Waals surface area contributed by atoms with Crippen LogP contribution in [-0.4, -0.2) is 42.5 Å². The Morgan fingerprint density at radius 3 is 2.45 bits per heavy atom. The van der Waals surface area contributed by atoms with E-state index >= 15 is 0 Å². The van der Waals surface area contributed by atoms with Gasteiger partial charge in [0.2, 0.25) is 0 Å². The molecular formula is C15H23N3OS. The highest BCUT2D eigenvalue weighted by molar-refractivity contribution is 7.80. The van der Waals surface area contributed by atoms with E-state index in [1.54, 1.807) is 24.3 Å². The number of likely N-dealkylation sites (N-methyl/N-ethyl adjacent to an activating group) is 1. The fraction of sp³-hybridized carbons (Fsp3) is 0.467. The molecule has 20 heavy (non-hydrogen) atoms. The zero-order valence-corrected chi connectivity index (χ0v) is 13.3. The van der Waals surface area contributed by atoms with Crippen LogP contribution in [0.1, 0.15) is 29.8 Å². The van der Waals surface area contributed by atoms with E-state index in [1.807, 2.05) is 14.1 Å². The zero-order valence-electron chi connectivity index (χ0n) is 12.5. The van der Waals surface area contributed by atoms with Crippen LogP contribution in [0.3, 0.4) is 0 Å². The summed E-state index contributed by atoms with van der Waals surface area (Å²) in [5.41, 5.74) is 6.88. The second kappa shape index (κ2) is 7.36. The summed E-state index contributed by atoms with van der Waals surface area (Å²) in [5.74, 6) is 0.267. The minimum absolute atomic E-state index is 0.0938. The predicted octanol–water partition coefficient (Wildman–Crippen LogP) is 1.64. The Morgan fingerprint density at radius 1 is 1.35 bits per heavy atom. The molecule has 0 saturated heterocycles. The zero-order chi connectivity index (χ0) is 15.3. The number of nitrogens with one attached hydrogen (secondary N) is 1. The van der Waals surface area contributed by atoms with E-state index in [4.69, 9.17) is 18.0 Å². The van der Waals surface area contributed by atoms with Crippen molar-refractivity contribution in [2.24, 2.45) is 11.7 Å². The molecule has 0 fully saturated rings. The lowest BCUT2D eigenvalue weighted by Crippen LogP contribution is -2.45. The van der Waals surface area contributed by atoms with Gasteiger partial charge in [0.05, 0.1) is 0 Å². The highest BCUT2D eigenvalue weighted by Gasteiger charge is 2.18. The quantitative estimate of drug-likeness (QED) is 0.783. The van der Waals surface area contributed by atoms with Crippen molar-refractivity contribution in [1.82, 2.24) is 10.2 Å². The van der Waals surface area contributed by atoms with Crippen LogP contribution in [0.5, 0.6) is 0 Å². The second-order valence-electron chi connectivity index (χ2n) is 5.53. The molecule has 1 aromatic carbocycles. The summed E-state index contributed by atoms with van der Waals surface area (Å²) >= 11 is 4.93. The van der Waals surface area contributed by atoms with Gasteiger partial charge in [-0.2, -0.15) is 0 Å². The molecule has 0 radical (unpaired) electrons. The van der Waals surface area contributed by atoms with Crippen LogP contribution in [0.2, 0.25) is 0 Å². The van der Waals surface area contributed by atoms with Crippen molar-refractivity contribution < 1.29 is 4.79 Å². The van der Waals surface area contributed by atoms with Crippen molar-refractivity contribution in [3.8, 4) is 0 Å². The largest absolute Gasteiger partial charge is 0.389 e. The topological polar surface area (TPSA) is 58.4 Å². The van der Waals surface area contributed by atoms with E-state index in [0.717, 1.165) is 6.54 Å². The number of carbonyl (C=O) groups is 1. The Morgan fingerprint density at radius 2 is 1.95 bits per heavy atom. The Labute approximate surface area is 126 Å². The first-order chi connectivity index (χ1) is 9.31. The fourth-order valence-electron chi connectivity index (χ4n) is 1.88. The molecule has 0 aromatic heterocycles. The standard InChI is InChI=1S/C15H23N3OS/c1-10(2)13(9-18(3)4)17-15(19)12-7-5-6-11(8-12)14(16)20/h5-8,10,13H,9H2,1-4H3,(H2,16,20)(H,17,19). The van der Waals surface area contributed by atoms with Crippen LogP contribution in [0.15, 0.2) is 24.3 Å². The van der Waals surface area contributed by atoms with E-state index in [-0.39, 0.29) is 11.9 Å². The molecule has 0 spiro atoms. The normalized spacial score (nSPS) is 12.5. The lowest BCUT2D eigenvalue weighted by molar-refractivity contribution is 0.0916. The first-order valence-electron chi connectivity index (χ1n) is 6.66. The summed E-state index contributed by atoms with van der Waals surface area (Å²) in [7, 11) is 3.99. The molecule has 0 saturated carbocycles. The molecule has 1 aromatic rings. The summed E-state index contributed by atoms with van der Waals surface area (Å²) in [5, 5.41) is 3.07. The van der Waals surface area contributed by atoms with Gasteiger partial charge in [-0.05, 0) is 32.1 Å². The van der Waals surface area contributed by atoms with Crippen LogP contribution in [0.4, 0.5) is 0 Å². The van der Waals surface area contributed by atoms with Crippen molar-refractivity contribution >= 4 is 23.1 Å². The second-order valence-corrected chi connectivity index (χ2v) is 5.97. The van der Waals surface area contributed by atoms with Crippen LogP contribution < -0.4 is 11.1 Å². The summed E-state index contributed by atoms with van der Waals surface area (Å²) in [6, 6.07) is 7.19. The van der Waals surface area contributed by atoms with Crippen LogP contribution in [0.25, 0.3) is 0 Å². The van der Waals surface area contributed by atoms with E-state index in [1.165, 1.54) is 0 Å². The molecule has 1 rings (SSSR count). The summed E-state index contributed by atoms with van der Waals surface area (Å²) in [6.07, 6.45) is 0. The summed E-state index contributed by atoms with van der Waals surface area (Å²) < 4.78 is 0. The number of hydrogen-bond acceptors (Lipinski definition) is 3. The lowest BCUT2D eigenvalue weighted by atomic mass is 10.0. The van der Waals surface area contributed by atoms with Crippen molar-refractivity contribution in [1.29, 1.82) is 0 Å². The maximum Gasteiger partial charge on any atom is 0.251 e. The SMILES string of the molecule is CC(C)C(CN(C)C)NC(=O)c1cccc(C(N)=S)c1. The van der Waals surface area contributed by atoms with E-state index in [2.05, 4.69) is 24.1 Å². The van der Waals surface area contributed by atoms with Gasteiger partial charge in [0.1, 0.15) is 4.99 Å². The van der Waals surface area contributed by atoms with Crippen molar-refractivity contribution in [2.45, 2.75) is 19.9 Å². The summed E-state index contributed by atoms with van der Waals surface area (Å²) in [4.78, 5) is 14.7. The fourth-order valence-corrected chi connectivity index (χ4v) is 2.01. The van der Waals surface area contributed by atoms with Gasteiger partial charge in [0, 0.05) is 23.7 Å². The third kappa shape index (κ3) is 4.90. The van der Waals surface area contributed by atoms with Gasteiger partial charge in [-0.15, -0.1) is 0 Å². The van der Waals surface area contributed by atoms with Gasteiger partial charge in [0.15, 0.2) is 0 Å². The van der Waals surface area contributed by atoms with Crippen LogP contribution >= 0.6 is 12.2 Å². The molecule has 5 heteroatoms. The Bertz CT molecular complexity index is 486. The first kappa shape index (κ1) is 16.6. The Balaban J connectivity index is 2.83. The van der Waals surface area contributed by atoms with E-state index in [9.17, 15) is 4.79 Å². The smallest absolute Gasteiger partial charge is 0.251 e. The predicted molar refractivity (Wildman–Crippen MR) is 87.0 cm³/mol. The number of carbonyl (C=O) groups excluding carboxylic acids is 1. The number of amides is 1. The third-order valence-electron chi connectivity index (χ3n) is 3.09. The number of rotatable bonds is 6. The number of nitrogens with two attached hydrogens (primary N) is 1. The Hall–Kier alpha value is -1.46. The molecule has 1 atom stereocenters. The maximum atomic E-state index is 12.3. The summed E-state index contributed by atoms with van der Waals surface area (Å²) in [6.45, 7) is 5.00. The molecule has 4 nitrogen and oxygen atoms in total. The lowest BCUT2D eigenvalue weighted by Gasteiger charge is -2.25.